The first kappa shape index (κ1) is 14.6. The van der Waals surface area contributed by atoms with Gasteiger partial charge in [-0.1, -0.05) is 12.1 Å². The monoisotopic (exact) mass is 405 g/mol. The third-order valence-electron chi connectivity index (χ3n) is 2.57. The molecule has 0 fully saturated rings. The van der Waals surface area contributed by atoms with E-state index in [0.717, 1.165) is 18.7 Å². The molecule has 1 atom stereocenters. The lowest BCUT2D eigenvalue weighted by atomic mass is 10.1. The Morgan fingerprint density at radius 3 is 2.42 bits per heavy atom. The molecule has 1 unspecified atom stereocenters. The first-order chi connectivity index (χ1) is 8.97. The maximum atomic E-state index is 10.5. The van der Waals surface area contributed by atoms with E-state index in [-0.39, 0.29) is 5.69 Å². The second-order valence-corrected chi connectivity index (χ2v) is 7.17. The minimum absolute atomic E-state index is 0.0554. The Kier molecular flexibility index (Phi) is 4.72. The molecule has 0 spiro atoms. The highest BCUT2D eigenvalue weighted by molar-refractivity contribution is 9.13. The lowest BCUT2D eigenvalue weighted by molar-refractivity contribution is -0.384. The number of aliphatic hydroxyl groups is 1. The molecule has 1 heterocycles. The van der Waals surface area contributed by atoms with Gasteiger partial charge in [-0.3, -0.25) is 10.1 Å². The minimum atomic E-state index is -0.617. The summed E-state index contributed by atoms with van der Waals surface area (Å²) in [5, 5.41) is 20.7. The lowest BCUT2D eigenvalue weighted by Gasteiger charge is -2.08. The largest absolute Gasteiger partial charge is 0.387 e. The summed E-state index contributed by atoms with van der Waals surface area (Å²) in [6.45, 7) is 0. The third kappa shape index (κ3) is 3.62. The molecule has 0 saturated heterocycles. The number of rotatable bonds is 4. The molecule has 1 N–H and O–H groups in total. The van der Waals surface area contributed by atoms with E-state index in [9.17, 15) is 15.2 Å². The van der Waals surface area contributed by atoms with Crippen molar-refractivity contribution in [2.75, 3.05) is 0 Å². The number of halogens is 2. The van der Waals surface area contributed by atoms with Gasteiger partial charge in [0, 0.05) is 27.9 Å². The van der Waals surface area contributed by atoms with Crippen molar-refractivity contribution in [3.8, 4) is 0 Å². The van der Waals surface area contributed by atoms with Crippen molar-refractivity contribution in [2.45, 2.75) is 12.5 Å². The summed E-state index contributed by atoms with van der Waals surface area (Å²) in [7, 11) is 0. The van der Waals surface area contributed by atoms with Crippen LogP contribution in [-0.2, 0) is 6.42 Å². The molecule has 2 rings (SSSR count). The molecule has 2 aromatic rings. The van der Waals surface area contributed by atoms with E-state index in [1.54, 1.807) is 12.1 Å². The van der Waals surface area contributed by atoms with Gasteiger partial charge in [-0.25, -0.2) is 0 Å². The molecule has 7 heteroatoms. The Morgan fingerprint density at radius 2 is 1.95 bits per heavy atom. The van der Waals surface area contributed by atoms with Crippen LogP contribution < -0.4 is 0 Å². The third-order valence-corrected chi connectivity index (χ3v) is 5.93. The first-order valence-electron chi connectivity index (χ1n) is 5.33. The van der Waals surface area contributed by atoms with Crippen LogP contribution in [0.1, 0.15) is 16.5 Å². The summed E-state index contributed by atoms with van der Waals surface area (Å²) in [6, 6.07) is 8.09. The Hall–Kier alpha value is -0.760. The van der Waals surface area contributed by atoms with E-state index < -0.39 is 11.0 Å². The Morgan fingerprint density at radius 1 is 1.32 bits per heavy atom. The molecule has 0 bridgehead atoms. The molecule has 1 aromatic carbocycles. The summed E-state index contributed by atoms with van der Waals surface area (Å²) in [5.74, 6) is 0. The maximum absolute atomic E-state index is 10.5. The van der Waals surface area contributed by atoms with Crippen LogP contribution >= 0.6 is 43.2 Å². The van der Waals surface area contributed by atoms with Crippen LogP contribution in [0.2, 0.25) is 0 Å². The van der Waals surface area contributed by atoms with E-state index in [0.29, 0.717) is 6.42 Å². The van der Waals surface area contributed by atoms with E-state index >= 15 is 0 Å². The van der Waals surface area contributed by atoms with E-state index in [4.69, 9.17) is 0 Å². The van der Waals surface area contributed by atoms with Crippen LogP contribution in [0.25, 0.3) is 0 Å². The number of aliphatic hydroxyl groups excluding tert-OH is 1. The van der Waals surface area contributed by atoms with E-state index in [1.165, 1.54) is 23.5 Å². The van der Waals surface area contributed by atoms with Crippen molar-refractivity contribution in [3.05, 3.63) is 59.1 Å². The van der Waals surface area contributed by atoms with Gasteiger partial charge in [0.05, 0.1) is 14.8 Å². The number of benzene rings is 1. The molecule has 0 aliphatic heterocycles. The van der Waals surface area contributed by atoms with Crippen molar-refractivity contribution < 1.29 is 10.0 Å². The number of thiophene rings is 1. The summed E-state index contributed by atoms with van der Waals surface area (Å²) in [6.07, 6.45) is -0.189. The number of nitro benzene ring substituents is 1. The fourth-order valence-corrected chi connectivity index (χ4v) is 3.68. The molecule has 0 aliphatic carbocycles. The van der Waals surface area contributed by atoms with Crippen molar-refractivity contribution in [2.24, 2.45) is 0 Å². The van der Waals surface area contributed by atoms with Gasteiger partial charge >= 0.3 is 0 Å². The van der Waals surface area contributed by atoms with Gasteiger partial charge in [0.2, 0.25) is 0 Å². The molecular formula is C12H9Br2NO3S. The summed E-state index contributed by atoms with van der Waals surface area (Å²) in [4.78, 5) is 11.0. The van der Waals surface area contributed by atoms with Crippen LogP contribution in [0.15, 0.2) is 38.6 Å². The summed E-state index contributed by atoms with van der Waals surface area (Å²) in [5.41, 5.74) is 0.915. The van der Waals surface area contributed by atoms with Crippen LogP contribution in [0.5, 0.6) is 0 Å². The summed E-state index contributed by atoms with van der Waals surface area (Å²) < 4.78 is 1.85. The number of hydrogen-bond donors (Lipinski definition) is 1. The molecule has 1 aromatic heterocycles. The quantitative estimate of drug-likeness (QED) is 0.602. The number of non-ortho nitro benzene ring substituents is 1. The normalized spacial score (nSPS) is 12.4. The average Bonchev–Trinajstić information content (AvgIpc) is 2.70. The van der Waals surface area contributed by atoms with Gasteiger partial charge in [0.25, 0.3) is 5.69 Å². The molecule has 0 radical (unpaired) electrons. The zero-order valence-electron chi connectivity index (χ0n) is 9.55. The lowest BCUT2D eigenvalue weighted by Crippen LogP contribution is -1.99. The van der Waals surface area contributed by atoms with E-state index in [1.807, 2.05) is 6.07 Å². The first-order valence-corrected chi connectivity index (χ1v) is 7.73. The maximum Gasteiger partial charge on any atom is 0.269 e. The predicted octanol–water partition coefficient (Wildman–Crippen LogP) is 4.46. The van der Waals surface area contributed by atoms with Crippen molar-refractivity contribution in [3.63, 3.8) is 0 Å². The van der Waals surface area contributed by atoms with Gasteiger partial charge in [-0.2, -0.15) is 0 Å². The Balaban J connectivity index is 2.10. The Labute approximate surface area is 130 Å². The van der Waals surface area contributed by atoms with Gasteiger partial charge in [0.15, 0.2) is 0 Å². The number of nitrogens with zero attached hydrogens (tertiary/aromatic N) is 1. The molecule has 19 heavy (non-hydrogen) atoms. The fraction of sp³-hybridized carbons (Fsp3) is 0.167. The predicted molar refractivity (Wildman–Crippen MR) is 81.5 cm³/mol. The van der Waals surface area contributed by atoms with Crippen molar-refractivity contribution in [1.29, 1.82) is 0 Å². The number of hydrogen-bond acceptors (Lipinski definition) is 4. The van der Waals surface area contributed by atoms with Gasteiger partial charge in [-0.05, 0) is 43.5 Å². The second-order valence-electron chi connectivity index (χ2n) is 3.91. The number of nitro groups is 1. The van der Waals surface area contributed by atoms with Crippen LogP contribution in [-0.4, -0.2) is 10.0 Å². The fourth-order valence-electron chi connectivity index (χ4n) is 1.61. The topological polar surface area (TPSA) is 63.4 Å². The minimum Gasteiger partial charge on any atom is -0.387 e. The standard InChI is InChI=1S/C12H9Br2NO3S/c13-9-6-11(19-12(9)14)10(16)5-7-1-3-8(4-2-7)15(17)18/h1-4,6,10,16H,5H2. The van der Waals surface area contributed by atoms with Crippen LogP contribution in [0, 0.1) is 10.1 Å². The molecule has 0 aliphatic rings. The summed E-state index contributed by atoms with van der Waals surface area (Å²) >= 11 is 8.21. The zero-order valence-corrected chi connectivity index (χ0v) is 13.5. The zero-order chi connectivity index (χ0) is 14.0. The smallest absolute Gasteiger partial charge is 0.269 e. The van der Waals surface area contributed by atoms with E-state index in [2.05, 4.69) is 31.9 Å². The highest BCUT2D eigenvalue weighted by Crippen LogP contribution is 2.36. The molecule has 0 amide bonds. The van der Waals surface area contributed by atoms with Crippen LogP contribution in [0.3, 0.4) is 0 Å². The van der Waals surface area contributed by atoms with Crippen LogP contribution in [0.4, 0.5) is 5.69 Å². The SMILES string of the molecule is O=[N+]([O-])c1ccc(CC(O)c2cc(Br)c(Br)s2)cc1. The Bertz CT molecular complexity index is 578. The molecule has 100 valence electrons. The van der Waals surface area contributed by atoms with Crippen molar-refractivity contribution >= 4 is 48.9 Å². The van der Waals surface area contributed by atoms with Gasteiger partial charge < -0.3 is 5.11 Å². The molecular weight excluding hydrogens is 398 g/mol. The average molecular weight is 407 g/mol. The molecule has 4 nitrogen and oxygen atoms in total. The highest BCUT2D eigenvalue weighted by Gasteiger charge is 2.14. The second kappa shape index (κ2) is 6.13. The van der Waals surface area contributed by atoms with Gasteiger partial charge in [0.1, 0.15) is 0 Å². The molecule has 0 saturated carbocycles. The van der Waals surface area contributed by atoms with Gasteiger partial charge in [-0.15, -0.1) is 11.3 Å². The highest BCUT2D eigenvalue weighted by atomic mass is 79.9. The van der Waals surface area contributed by atoms with Crippen molar-refractivity contribution in [1.82, 2.24) is 0 Å².